The van der Waals surface area contributed by atoms with Gasteiger partial charge in [-0.3, -0.25) is 0 Å². The third-order valence-corrected chi connectivity index (χ3v) is 7.33. The Morgan fingerprint density at radius 1 is 0.743 bits per heavy atom. The Bertz CT molecular complexity index is 970. The van der Waals surface area contributed by atoms with Crippen LogP contribution in [-0.4, -0.2) is 28.6 Å². The molecule has 0 fully saturated rings. The van der Waals surface area contributed by atoms with Gasteiger partial charge in [-0.1, -0.05) is 101 Å². The molecule has 2 atom stereocenters. The number of hydrogen-bond donors (Lipinski definition) is 0. The van der Waals surface area contributed by atoms with Crippen molar-refractivity contribution in [3.8, 4) is 22.5 Å². The van der Waals surface area contributed by atoms with Crippen LogP contribution in [-0.2, 0) is 17.6 Å². The Hall–Kier alpha value is -2.23. The number of ether oxygens (including phenoxy) is 1. The van der Waals surface area contributed by atoms with Crippen molar-refractivity contribution in [3.05, 3.63) is 72.1 Å². The first-order valence-corrected chi connectivity index (χ1v) is 13.8. The highest BCUT2D eigenvalue weighted by molar-refractivity contribution is 6.20. The Morgan fingerprint density at radius 3 is 1.97 bits per heavy atom. The highest BCUT2D eigenvalue weighted by Gasteiger charge is 2.12. The van der Waals surface area contributed by atoms with Gasteiger partial charge in [0, 0.05) is 18.0 Å². The summed E-state index contributed by atoms with van der Waals surface area (Å²) in [5.74, 6) is 1.27. The largest absolute Gasteiger partial charge is 0.380 e. The molecule has 0 N–H and O–H groups in total. The summed E-state index contributed by atoms with van der Waals surface area (Å²) >= 11 is 6.36. The fourth-order valence-electron chi connectivity index (χ4n) is 4.05. The van der Waals surface area contributed by atoms with Crippen LogP contribution in [0.2, 0.25) is 0 Å². The van der Waals surface area contributed by atoms with E-state index >= 15 is 0 Å². The van der Waals surface area contributed by atoms with Gasteiger partial charge in [0.25, 0.3) is 0 Å². The molecule has 0 bridgehead atoms. The number of aryl methyl sites for hydroxylation is 1. The van der Waals surface area contributed by atoms with Crippen LogP contribution in [0.3, 0.4) is 0 Å². The molecule has 3 rings (SSSR count). The van der Waals surface area contributed by atoms with Gasteiger partial charge in [-0.25, -0.2) is 9.97 Å². The average molecular weight is 493 g/mol. The monoisotopic (exact) mass is 492 g/mol. The summed E-state index contributed by atoms with van der Waals surface area (Å²) in [6.45, 7) is 7.90. The summed E-state index contributed by atoms with van der Waals surface area (Å²) in [5.41, 5.74) is 5.95. The van der Waals surface area contributed by atoms with Gasteiger partial charge in [0.1, 0.15) is 0 Å². The standard InChI is InChI=1S/C31H41ClN2O/c1-4-6-7-8-9-10-26-21-33-31(34-22-26)29-17-15-28(16-18-29)27-13-11-25(12-14-27)19-20-35-23-30(32)24(3)5-2/h11-18,21-22,24,30H,4-10,19-20,23H2,1-3H3. The number of nitrogens with zero attached hydrogens (tertiary/aromatic N) is 2. The number of alkyl halides is 1. The van der Waals surface area contributed by atoms with E-state index in [1.54, 1.807) is 0 Å². The molecular formula is C31H41ClN2O. The van der Waals surface area contributed by atoms with Gasteiger partial charge in [0.2, 0.25) is 0 Å². The molecule has 3 aromatic rings. The van der Waals surface area contributed by atoms with E-state index in [0.717, 1.165) is 30.7 Å². The topological polar surface area (TPSA) is 35.0 Å². The SMILES string of the molecule is CCCCCCCc1cnc(-c2ccc(-c3ccc(CCOCC(Cl)C(C)CC)cc3)cc2)nc1. The van der Waals surface area contributed by atoms with Crippen molar-refractivity contribution in [2.45, 2.75) is 77.5 Å². The van der Waals surface area contributed by atoms with E-state index in [0.29, 0.717) is 19.1 Å². The molecule has 4 heteroatoms. The molecule has 3 nitrogen and oxygen atoms in total. The lowest BCUT2D eigenvalue weighted by molar-refractivity contribution is 0.127. The lowest BCUT2D eigenvalue weighted by atomic mass is 10.0. The van der Waals surface area contributed by atoms with Crippen molar-refractivity contribution in [1.82, 2.24) is 9.97 Å². The number of hydrogen-bond acceptors (Lipinski definition) is 3. The molecule has 0 aliphatic heterocycles. The van der Waals surface area contributed by atoms with Gasteiger partial charge in [0.15, 0.2) is 5.82 Å². The van der Waals surface area contributed by atoms with Crippen molar-refractivity contribution in [3.63, 3.8) is 0 Å². The predicted octanol–water partition coefficient (Wildman–Crippen LogP) is 8.54. The summed E-state index contributed by atoms with van der Waals surface area (Å²) in [4.78, 5) is 9.21. The Balaban J connectivity index is 1.47. The minimum absolute atomic E-state index is 0.0917. The van der Waals surface area contributed by atoms with E-state index in [1.807, 2.05) is 12.4 Å². The lowest BCUT2D eigenvalue weighted by Crippen LogP contribution is -2.18. The van der Waals surface area contributed by atoms with Crippen molar-refractivity contribution in [1.29, 1.82) is 0 Å². The van der Waals surface area contributed by atoms with E-state index in [4.69, 9.17) is 16.3 Å². The molecule has 1 heterocycles. The number of aromatic nitrogens is 2. The van der Waals surface area contributed by atoms with Gasteiger partial charge < -0.3 is 4.74 Å². The number of unbranched alkanes of at least 4 members (excludes halogenated alkanes) is 4. The molecule has 0 spiro atoms. The Morgan fingerprint density at radius 2 is 1.34 bits per heavy atom. The first-order valence-electron chi connectivity index (χ1n) is 13.3. The Kier molecular flexibility index (Phi) is 11.7. The number of rotatable bonds is 15. The molecule has 0 saturated carbocycles. The quantitative estimate of drug-likeness (QED) is 0.157. The molecule has 2 aromatic carbocycles. The van der Waals surface area contributed by atoms with Crippen molar-refractivity contribution >= 4 is 11.6 Å². The molecule has 2 unspecified atom stereocenters. The zero-order valence-electron chi connectivity index (χ0n) is 21.7. The number of halogens is 1. The molecule has 0 amide bonds. The summed E-state index contributed by atoms with van der Waals surface area (Å²) in [6, 6.07) is 17.2. The van der Waals surface area contributed by atoms with Crippen LogP contribution < -0.4 is 0 Å². The van der Waals surface area contributed by atoms with Gasteiger partial charge in [-0.2, -0.15) is 0 Å². The molecule has 1 aromatic heterocycles. The molecule has 0 saturated heterocycles. The van der Waals surface area contributed by atoms with Crippen LogP contribution in [0, 0.1) is 5.92 Å². The fourth-order valence-corrected chi connectivity index (χ4v) is 4.31. The third-order valence-electron chi connectivity index (χ3n) is 6.78. The second-order valence-electron chi connectivity index (χ2n) is 9.58. The number of benzene rings is 2. The minimum atomic E-state index is 0.0917. The predicted molar refractivity (Wildman–Crippen MR) is 149 cm³/mol. The normalized spacial score (nSPS) is 13.0. The molecule has 35 heavy (non-hydrogen) atoms. The first-order chi connectivity index (χ1) is 17.1. The third kappa shape index (κ3) is 9.05. The molecule has 0 aliphatic carbocycles. The first kappa shape index (κ1) is 27.4. The van der Waals surface area contributed by atoms with E-state index < -0.39 is 0 Å². The average Bonchev–Trinajstić information content (AvgIpc) is 2.91. The van der Waals surface area contributed by atoms with Gasteiger partial charge in [0.05, 0.1) is 18.6 Å². The van der Waals surface area contributed by atoms with E-state index in [9.17, 15) is 0 Å². The molecule has 0 aliphatic rings. The molecule has 188 valence electrons. The maximum Gasteiger partial charge on any atom is 0.159 e. The summed E-state index contributed by atoms with van der Waals surface area (Å²) in [7, 11) is 0. The van der Waals surface area contributed by atoms with Crippen LogP contribution in [0.25, 0.3) is 22.5 Å². The minimum Gasteiger partial charge on any atom is -0.380 e. The summed E-state index contributed by atoms with van der Waals surface area (Å²) in [5, 5.41) is 0.0917. The van der Waals surface area contributed by atoms with Crippen molar-refractivity contribution in [2.75, 3.05) is 13.2 Å². The van der Waals surface area contributed by atoms with Crippen molar-refractivity contribution in [2.24, 2.45) is 5.92 Å². The smallest absolute Gasteiger partial charge is 0.159 e. The second-order valence-corrected chi connectivity index (χ2v) is 10.1. The summed E-state index contributed by atoms with van der Waals surface area (Å²) in [6.07, 6.45) is 13.5. The highest BCUT2D eigenvalue weighted by atomic mass is 35.5. The van der Waals surface area contributed by atoms with Gasteiger partial charge in [-0.05, 0) is 47.4 Å². The summed E-state index contributed by atoms with van der Waals surface area (Å²) < 4.78 is 5.79. The van der Waals surface area contributed by atoms with E-state index in [-0.39, 0.29) is 5.38 Å². The lowest BCUT2D eigenvalue weighted by Gasteiger charge is -2.16. The zero-order chi connectivity index (χ0) is 24.9. The Labute approximate surface area is 217 Å². The van der Waals surface area contributed by atoms with E-state index in [2.05, 4.69) is 79.3 Å². The van der Waals surface area contributed by atoms with E-state index in [1.165, 1.54) is 54.4 Å². The van der Waals surface area contributed by atoms with Crippen LogP contribution in [0.4, 0.5) is 0 Å². The van der Waals surface area contributed by atoms with Crippen LogP contribution in [0.1, 0.15) is 70.4 Å². The van der Waals surface area contributed by atoms with Crippen LogP contribution in [0.15, 0.2) is 60.9 Å². The fraction of sp³-hybridized carbons (Fsp3) is 0.484. The van der Waals surface area contributed by atoms with Crippen molar-refractivity contribution < 1.29 is 4.74 Å². The zero-order valence-corrected chi connectivity index (χ0v) is 22.4. The molecular weight excluding hydrogens is 452 g/mol. The van der Waals surface area contributed by atoms with Gasteiger partial charge in [-0.15, -0.1) is 11.6 Å². The maximum atomic E-state index is 6.36. The van der Waals surface area contributed by atoms with Gasteiger partial charge >= 0.3 is 0 Å². The highest BCUT2D eigenvalue weighted by Crippen LogP contribution is 2.24. The molecule has 0 radical (unpaired) electrons. The van der Waals surface area contributed by atoms with Crippen LogP contribution >= 0.6 is 11.6 Å². The van der Waals surface area contributed by atoms with Crippen LogP contribution in [0.5, 0.6) is 0 Å². The maximum absolute atomic E-state index is 6.36. The second kappa shape index (κ2) is 15.0.